The number of hydrogen-bond donors (Lipinski definition) is 2. The zero-order chi connectivity index (χ0) is 10.6. The highest BCUT2D eigenvalue weighted by Gasteiger charge is 2.17. The quantitative estimate of drug-likeness (QED) is 0.495. The van der Waals surface area contributed by atoms with Crippen molar-refractivity contribution in [3.8, 4) is 0 Å². The molecule has 4 nitrogen and oxygen atoms in total. The molecule has 0 aliphatic carbocycles. The predicted octanol–water partition coefficient (Wildman–Crippen LogP) is -0.131. The summed E-state index contributed by atoms with van der Waals surface area (Å²) in [6, 6.07) is 0. The molecule has 1 saturated heterocycles. The zero-order valence-corrected chi connectivity index (χ0v) is 9.12. The van der Waals surface area contributed by atoms with E-state index in [9.17, 15) is 4.79 Å². The van der Waals surface area contributed by atoms with Gasteiger partial charge in [-0.25, -0.2) is 0 Å². The number of thiocarbonyl (C=S) groups is 1. The molecule has 0 spiro atoms. The molecule has 78 valence electrons. The molecule has 14 heavy (non-hydrogen) atoms. The lowest BCUT2D eigenvalue weighted by atomic mass is 10.3. The molecular formula is C9H15N3OS. The topological polar surface area (TPSA) is 44.4 Å². The Hall–Kier alpha value is -1.10. The molecule has 0 aromatic carbocycles. The number of carbonyl (C=O) groups excluding carboxylic acids is 1. The van der Waals surface area contributed by atoms with Gasteiger partial charge >= 0.3 is 0 Å². The molecule has 1 aliphatic heterocycles. The Morgan fingerprint density at radius 3 is 3.07 bits per heavy atom. The van der Waals surface area contributed by atoms with Gasteiger partial charge in [-0.15, -0.1) is 0 Å². The number of nitrogens with zero attached hydrogens (tertiary/aromatic N) is 1. The zero-order valence-electron chi connectivity index (χ0n) is 8.30. The summed E-state index contributed by atoms with van der Waals surface area (Å²) in [5.74, 6) is 0.0238. The van der Waals surface area contributed by atoms with Crippen molar-refractivity contribution < 1.29 is 4.79 Å². The first-order valence-corrected chi connectivity index (χ1v) is 4.94. The highest BCUT2D eigenvalue weighted by atomic mass is 32.1. The number of nitrogens with one attached hydrogen (secondary N) is 2. The van der Waals surface area contributed by atoms with Crippen LogP contribution >= 0.6 is 12.2 Å². The Morgan fingerprint density at radius 2 is 2.50 bits per heavy atom. The molecule has 0 radical (unpaired) electrons. The fourth-order valence-corrected chi connectivity index (χ4v) is 1.38. The van der Waals surface area contributed by atoms with Crippen LogP contribution < -0.4 is 10.6 Å². The second kappa shape index (κ2) is 4.95. The van der Waals surface area contributed by atoms with Crippen LogP contribution in [-0.4, -0.2) is 42.1 Å². The van der Waals surface area contributed by atoms with E-state index in [0.717, 1.165) is 12.1 Å². The molecule has 1 rings (SSSR count). The van der Waals surface area contributed by atoms with Crippen LogP contribution in [0.5, 0.6) is 0 Å². The molecule has 1 amide bonds. The van der Waals surface area contributed by atoms with Crippen LogP contribution in [0.2, 0.25) is 0 Å². The highest BCUT2D eigenvalue weighted by Crippen LogP contribution is 1.95. The predicted molar refractivity (Wildman–Crippen MR) is 60.0 cm³/mol. The van der Waals surface area contributed by atoms with E-state index >= 15 is 0 Å². The first-order chi connectivity index (χ1) is 6.59. The second-order valence-corrected chi connectivity index (χ2v) is 3.77. The van der Waals surface area contributed by atoms with E-state index in [1.165, 1.54) is 0 Å². The van der Waals surface area contributed by atoms with Crippen molar-refractivity contribution in [3.05, 3.63) is 12.2 Å². The number of carbonyl (C=O) groups is 1. The van der Waals surface area contributed by atoms with Crippen molar-refractivity contribution in [2.24, 2.45) is 0 Å². The van der Waals surface area contributed by atoms with Crippen LogP contribution in [0, 0.1) is 0 Å². The SMILES string of the molecule is C=C(C)CNC(=S)N1CCNC(=O)C1. The summed E-state index contributed by atoms with van der Waals surface area (Å²) in [6.07, 6.45) is 0. The van der Waals surface area contributed by atoms with E-state index < -0.39 is 0 Å². The largest absolute Gasteiger partial charge is 0.359 e. The van der Waals surface area contributed by atoms with Crippen LogP contribution in [-0.2, 0) is 4.79 Å². The van der Waals surface area contributed by atoms with E-state index in [0.29, 0.717) is 24.7 Å². The summed E-state index contributed by atoms with van der Waals surface area (Å²) in [5.41, 5.74) is 1.02. The van der Waals surface area contributed by atoms with Gasteiger partial charge in [0.25, 0.3) is 0 Å². The number of rotatable bonds is 2. The fourth-order valence-electron chi connectivity index (χ4n) is 1.15. The fraction of sp³-hybridized carbons (Fsp3) is 0.556. The second-order valence-electron chi connectivity index (χ2n) is 3.39. The Labute approximate surface area is 89.3 Å². The first-order valence-electron chi connectivity index (χ1n) is 4.53. The van der Waals surface area contributed by atoms with Gasteiger partial charge in [0.15, 0.2) is 5.11 Å². The third-order valence-electron chi connectivity index (χ3n) is 1.87. The Balaban J connectivity index is 2.36. The van der Waals surface area contributed by atoms with E-state index in [2.05, 4.69) is 17.2 Å². The molecule has 5 heteroatoms. The lowest BCUT2D eigenvalue weighted by Crippen LogP contribution is -2.53. The molecule has 0 unspecified atom stereocenters. The van der Waals surface area contributed by atoms with Crippen molar-refractivity contribution in [3.63, 3.8) is 0 Å². The van der Waals surface area contributed by atoms with Crippen LogP contribution in [0.4, 0.5) is 0 Å². The minimum Gasteiger partial charge on any atom is -0.359 e. The van der Waals surface area contributed by atoms with Crippen molar-refractivity contribution in [1.29, 1.82) is 0 Å². The van der Waals surface area contributed by atoms with Gasteiger partial charge in [0.1, 0.15) is 0 Å². The molecule has 1 fully saturated rings. The van der Waals surface area contributed by atoms with Gasteiger partial charge in [-0.1, -0.05) is 12.2 Å². The maximum absolute atomic E-state index is 11.1. The Kier molecular flexibility index (Phi) is 3.88. The number of hydrogen-bond acceptors (Lipinski definition) is 2. The van der Waals surface area contributed by atoms with E-state index in [-0.39, 0.29) is 5.91 Å². The monoisotopic (exact) mass is 213 g/mol. The maximum Gasteiger partial charge on any atom is 0.239 e. The molecule has 2 N–H and O–H groups in total. The summed E-state index contributed by atoms with van der Waals surface area (Å²) in [5, 5.41) is 6.42. The molecule has 0 atom stereocenters. The Bertz CT molecular complexity index is 265. The van der Waals surface area contributed by atoms with Crippen molar-refractivity contribution in [2.45, 2.75) is 6.92 Å². The van der Waals surface area contributed by atoms with Gasteiger partial charge < -0.3 is 15.5 Å². The number of piperazine rings is 1. The van der Waals surface area contributed by atoms with Crippen molar-refractivity contribution in [2.75, 3.05) is 26.2 Å². The average Bonchev–Trinajstić information content (AvgIpc) is 2.14. The van der Waals surface area contributed by atoms with Gasteiger partial charge in [-0.3, -0.25) is 4.79 Å². The highest BCUT2D eigenvalue weighted by molar-refractivity contribution is 7.80. The lowest BCUT2D eigenvalue weighted by molar-refractivity contribution is -0.122. The van der Waals surface area contributed by atoms with E-state index in [1.54, 1.807) is 0 Å². The van der Waals surface area contributed by atoms with E-state index in [1.807, 2.05) is 11.8 Å². The third-order valence-corrected chi connectivity index (χ3v) is 2.27. The summed E-state index contributed by atoms with van der Waals surface area (Å²) in [7, 11) is 0. The normalized spacial score (nSPS) is 16.1. The summed E-state index contributed by atoms with van der Waals surface area (Å²) >= 11 is 5.14. The average molecular weight is 213 g/mol. The van der Waals surface area contributed by atoms with Crippen LogP contribution in [0.25, 0.3) is 0 Å². The summed E-state index contributed by atoms with van der Waals surface area (Å²) < 4.78 is 0. The molecular weight excluding hydrogens is 198 g/mol. The molecule has 0 bridgehead atoms. The van der Waals surface area contributed by atoms with Crippen molar-refractivity contribution >= 4 is 23.2 Å². The van der Waals surface area contributed by atoms with Crippen molar-refractivity contribution in [1.82, 2.24) is 15.5 Å². The van der Waals surface area contributed by atoms with Gasteiger partial charge in [0, 0.05) is 19.6 Å². The third kappa shape index (κ3) is 3.33. The molecule has 0 aromatic heterocycles. The van der Waals surface area contributed by atoms with Crippen LogP contribution in [0.3, 0.4) is 0 Å². The van der Waals surface area contributed by atoms with E-state index in [4.69, 9.17) is 12.2 Å². The molecule has 0 saturated carbocycles. The molecule has 1 aliphatic rings. The Morgan fingerprint density at radius 1 is 1.79 bits per heavy atom. The summed E-state index contributed by atoms with van der Waals surface area (Å²) in [4.78, 5) is 12.9. The lowest BCUT2D eigenvalue weighted by Gasteiger charge is -2.29. The van der Waals surface area contributed by atoms with Crippen LogP contribution in [0.15, 0.2) is 12.2 Å². The van der Waals surface area contributed by atoms with Gasteiger partial charge in [-0.05, 0) is 19.1 Å². The van der Waals surface area contributed by atoms with Gasteiger partial charge in [-0.2, -0.15) is 0 Å². The smallest absolute Gasteiger partial charge is 0.239 e. The number of amides is 1. The van der Waals surface area contributed by atoms with Crippen LogP contribution in [0.1, 0.15) is 6.92 Å². The minimum atomic E-state index is 0.0238. The summed E-state index contributed by atoms with van der Waals surface area (Å²) in [6.45, 7) is 8.14. The molecule has 0 aromatic rings. The molecule has 1 heterocycles. The maximum atomic E-state index is 11.1. The van der Waals surface area contributed by atoms with Gasteiger partial charge in [0.05, 0.1) is 6.54 Å². The standard InChI is InChI=1S/C9H15N3OS/c1-7(2)5-11-9(14)12-4-3-10-8(13)6-12/h1,3-6H2,2H3,(H,10,13)(H,11,14). The minimum absolute atomic E-state index is 0.0238. The van der Waals surface area contributed by atoms with Gasteiger partial charge in [0.2, 0.25) is 5.91 Å². The first kappa shape index (κ1) is 11.0.